The second-order valence-electron chi connectivity index (χ2n) is 8.61. The van der Waals surface area contributed by atoms with Crippen molar-refractivity contribution in [1.29, 1.82) is 0 Å². The molecular weight excluding hydrogens is 425 g/mol. The number of piperazine rings is 1. The lowest BCUT2D eigenvalue weighted by atomic mass is 9.92. The lowest BCUT2D eigenvalue weighted by Crippen LogP contribution is -2.69. The van der Waals surface area contributed by atoms with E-state index in [2.05, 4.69) is 4.90 Å². The summed E-state index contributed by atoms with van der Waals surface area (Å²) in [5.74, 6) is -2.14. The van der Waals surface area contributed by atoms with Gasteiger partial charge in [0.2, 0.25) is 0 Å². The highest BCUT2D eigenvalue weighted by Crippen LogP contribution is 2.44. The zero-order chi connectivity index (χ0) is 23.5. The number of alkyl halides is 1. The van der Waals surface area contributed by atoms with Gasteiger partial charge in [0.05, 0.1) is 24.4 Å². The van der Waals surface area contributed by atoms with Crippen molar-refractivity contribution in [3.8, 4) is 0 Å². The molecule has 0 spiro atoms. The molecule has 32 heavy (non-hydrogen) atoms. The summed E-state index contributed by atoms with van der Waals surface area (Å²) in [5, 5.41) is 0.219. The van der Waals surface area contributed by atoms with Crippen LogP contribution in [0.5, 0.6) is 0 Å². The molecule has 0 N–H and O–H groups in total. The molecule has 1 aromatic carbocycles. The molecule has 0 aliphatic carbocycles. The summed E-state index contributed by atoms with van der Waals surface area (Å²) in [6.07, 6.45) is 0. The number of hydrogen-bond acceptors (Lipinski definition) is 6. The summed E-state index contributed by atoms with van der Waals surface area (Å²) < 4.78 is 49.6. The highest BCUT2D eigenvalue weighted by Gasteiger charge is 2.49. The minimum atomic E-state index is -0.941. The number of carbonyl (C=O) groups excluding carboxylic acids is 1. The minimum absolute atomic E-state index is 0.0188. The SMILES string of the molecule is COC(=O)C1C2CN(C)C(C)CN2c2c(c(=O)n(C)c3c(F)c(C)c(F)cc23)N1CCF. The van der Waals surface area contributed by atoms with Crippen molar-refractivity contribution in [2.75, 3.05) is 50.3 Å². The van der Waals surface area contributed by atoms with Gasteiger partial charge in [-0.3, -0.25) is 9.69 Å². The number of halogens is 3. The second kappa shape index (κ2) is 7.99. The average molecular weight is 452 g/mol. The first kappa shape index (κ1) is 22.4. The summed E-state index contributed by atoms with van der Waals surface area (Å²) in [5.41, 5.74) is -0.387. The third kappa shape index (κ3) is 3.07. The Bertz CT molecular complexity index is 1150. The molecule has 3 unspecified atom stereocenters. The van der Waals surface area contributed by atoms with Crippen molar-refractivity contribution >= 4 is 28.2 Å². The van der Waals surface area contributed by atoms with Crippen molar-refractivity contribution in [2.24, 2.45) is 7.05 Å². The van der Waals surface area contributed by atoms with Gasteiger partial charge in [-0.15, -0.1) is 0 Å². The molecule has 3 atom stereocenters. The van der Waals surface area contributed by atoms with Gasteiger partial charge in [-0.05, 0) is 27.0 Å². The number of hydrogen-bond donors (Lipinski definition) is 0. The van der Waals surface area contributed by atoms with Gasteiger partial charge in [0.15, 0.2) is 5.82 Å². The van der Waals surface area contributed by atoms with Crippen LogP contribution in [0, 0.1) is 18.6 Å². The number of benzene rings is 1. The zero-order valence-corrected chi connectivity index (χ0v) is 18.8. The Morgan fingerprint density at radius 1 is 1.22 bits per heavy atom. The molecule has 3 heterocycles. The highest BCUT2D eigenvalue weighted by atomic mass is 19.1. The molecule has 1 aromatic heterocycles. The number of nitrogens with zero attached hydrogens (tertiary/aromatic N) is 4. The predicted molar refractivity (Wildman–Crippen MR) is 116 cm³/mol. The van der Waals surface area contributed by atoms with Crippen LogP contribution in [0.3, 0.4) is 0 Å². The van der Waals surface area contributed by atoms with E-state index in [1.54, 1.807) is 0 Å². The van der Waals surface area contributed by atoms with E-state index >= 15 is 4.39 Å². The maximum absolute atomic E-state index is 15.2. The van der Waals surface area contributed by atoms with E-state index in [4.69, 9.17) is 4.74 Å². The van der Waals surface area contributed by atoms with Gasteiger partial charge in [-0.2, -0.15) is 0 Å². The first-order valence-electron chi connectivity index (χ1n) is 10.5. The molecule has 0 amide bonds. The number of pyridine rings is 1. The van der Waals surface area contributed by atoms with Crippen LogP contribution >= 0.6 is 0 Å². The summed E-state index contributed by atoms with van der Waals surface area (Å²) in [7, 11) is 4.55. The fraction of sp³-hybridized carbons (Fsp3) is 0.545. The van der Waals surface area contributed by atoms with E-state index in [1.807, 2.05) is 18.9 Å². The van der Waals surface area contributed by atoms with Crippen LogP contribution in [0.15, 0.2) is 10.9 Å². The maximum atomic E-state index is 15.2. The lowest BCUT2D eigenvalue weighted by Gasteiger charge is -2.54. The third-order valence-corrected chi connectivity index (χ3v) is 6.88. The van der Waals surface area contributed by atoms with Gasteiger partial charge >= 0.3 is 5.97 Å². The Morgan fingerprint density at radius 2 is 1.91 bits per heavy atom. The Labute approximate surface area is 183 Å². The highest BCUT2D eigenvalue weighted by molar-refractivity contribution is 6.02. The van der Waals surface area contributed by atoms with Crippen LogP contribution in [0.2, 0.25) is 0 Å². The van der Waals surface area contributed by atoms with Crippen molar-refractivity contribution in [2.45, 2.75) is 32.0 Å². The fourth-order valence-corrected chi connectivity index (χ4v) is 5.01. The average Bonchev–Trinajstić information content (AvgIpc) is 2.75. The Kier molecular flexibility index (Phi) is 5.60. The van der Waals surface area contributed by atoms with Crippen molar-refractivity contribution in [1.82, 2.24) is 9.47 Å². The van der Waals surface area contributed by atoms with Crippen molar-refractivity contribution in [3.05, 3.63) is 33.6 Å². The lowest BCUT2D eigenvalue weighted by molar-refractivity contribution is -0.143. The molecule has 0 bridgehead atoms. The number of carbonyl (C=O) groups is 1. The van der Waals surface area contributed by atoms with E-state index in [0.717, 1.165) is 4.57 Å². The fourth-order valence-electron chi connectivity index (χ4n) is 5.01. The zero-order valence-electron chi connectivity index (χ0n) is 18.8. The first-order valence-corrected chi connectivity index (χ1v) is 10.5. The number of aromatic nitrogens is 1. The number of fused-ring (bicyclic) bond motifs is 5. The summed E-state index contributed by atoms with van der Waals surface area (Å²) in [4.78, 5) is 31.7. The van der Waals surface area contributed by atoms with Gasteiger partial charge in [-0.25, -0.2) is 18.0 Å². The molecule has 2 aliphatic rings. The first-order chi connectivity index (χ1) is 15.1. The third-order valence-electron chi connectivity index (χ3n) is 6.88. The molecule has 0 radical (unpaired) electrons. The van der Waals surface area contributed by atoms with Gasteiger partial charge in [0.25, 0.3) is 5.56 Å². The monoisotopic (exact) mass is 452 g/mol. The van der Waals surface area contributed by atoms with Gasteiger partial charge in [0.1, 0.15) is 24.2 Å². The molecule has 10 heteroatoms. The van der Waals surface area contributed by atoms with E-state index in [0.29, 0.717) is 18.8 Å². The topological polar surface area (TPSA) is 58.0 Å². The second-order valence-corrected chi connectivity index (χ2v) is 8.61. The number of methoxy groups -OCH3 is 1. The quantitative estimate of drug-likeness (QED) is 0.664. The molecule has 0 saturated carbocycles. The van der Waals surface area contributed by atoms with E-state index in [1.165, 1.54) is 32.0 Å². The van der Waals surface area contributed by atoms with Gasteiger partial charge < -0.3 is 19.1 Å². The van der Waals surface area contributed by atoms with Crippen LogP contribution in [-0.2, 0) is 16.6 Å². The Morgan fingerprint density at radius 3 is 2.53 bits per heavy atom. The maximum Gasteiger partial charge on any atom is 0.330 e. The van der Waals surface area contributed by atoms with Gasteiger partial charge in [0, 0.05) is 43.7 Å². The molecule has 7 nitrogen and oxygen atoms in total. The number of anilines is 2. The van der Waals surface area contributed by atoms with Crippen LogP contribution < -0.4 is 15.4 Å². The number of likely N-dealkylation sites (N-methyl/N-ethyl adjacent to an activating group) is 1. The van der Waals surface area contributed by atoms with Crippen molar-refractivity contribution < 1.29 is 22.7 Å². The van der Waals surface area contributed by atoms with E-state index < -0.39 is 41.9 Å². The molecule has 1 saturated heterocycles. The number of aryl methyl sites for hydroxylation is 1. The minimum Gasteiger partial charge on any atom is -0.467 e. The number of esters is 1. The Balaban J connectivity index is 2.14. The molecular formula is C22H27F3N4O3. The predicted octanol–water partition coefficient (Wildman–Crippen LogP) is 1.97. The molecule has 174 valence electrons. The normalized spacial score (nSPS) is 23.3. The van der Waals surface area contributed by atoms with E-state index in [9.17, 15) is 18.4 Å². The summed E-state index contributed by atoms with van der Waals surface area (Å²) >= 11 is 0. The standard InChI is InChI=1S/C22H27F3N4O3/c1-11-9-29-15(10-26(11)3)19(22(31)32-5)28(7-6-23)20-18(29)13-8-14(24)12(2)16(25)17(13)27(4)21(20)30/h8,11,15,19H,6-7,9-10H2,1-5H3. The molecule has 2 aliphatic heterocycles. The number of rotatable bonds is 3. The summed E-state index contributed by atoms with van der Waals surface area (Å²) in [6.45, 7) is 3.11. The van der Waals surface area contributed by atoms with Gasteiger partial charge in [-0.1, -0.05) is 0 Å². The molecule has 2 aromatic rings. The van der Waals surface area contributed by atoms with E-state index in [-0.39, 0.29) is 34.7 Å². The summed E-state index contributed by atoms with van der Waals surface area (Å²) in [6, 6.07) is -0.170. The van der Waals surface area contributed by atoms with Crippen LogP contribution in [0.4, 0.5) is 24.5 Å². The van der Waals surface area contributed by atoms with Crippen LogP contribution in [-0.4, -0.2) is 74.0 Å². The van der Waals surface area contributed by atoms with Crippen LogP contribution in [0.25, 0.3) is 10.9 Å². The van der Waals surface area contributed by atoms with Crippen molar-refractivity contribution in [3.63, 3.8) is 0 Å². The smallest absolute Gasteiger partial charge is 0.330 e. The Hall–Kier alpha value is -2.75. The number of ether oxygens (including phenoxy) is 1. The van der Waals surface area contributed by atoms with Crippen LogP contribution in [0.1, 0.15) is 12.5 Å². The molecule has 1 fully saturated rings. The largest absolute Gasteiger partial charge is 0.467 e. The molecule has 4 rings (SSSR count).